The van der Waals surface area contributed by atoms with Gasteiger partial charge in [0.05, 0.1) is 31.3 Å². The van der Waals surface area contributed by atoms with Gasteiger partial charge in [-0.2, -0.15) is 0 Å². The first-order valence-electron chi connectivity index (χ1n) is 8.23. The van der Waals surface area contributed by atoms with Crippen molar-refractivity contribution in [1.82, 2.24) is 24.7 Å². The minimum atomic E-state index is 0.562. The zero-order valence-corrected chi connectivity index (χ0v) is 14.9. The number of aryl methyl sites for hydroxylation is 2. The molecule has 0 aromatic carbocycles. The molecule has 0 aliphatic carbocycles. The highest BCUT2D eigenvalue weighted by molar-refractivity contribution is 5.56. The molecule has 0 bridgehead atoms. The van der Waals surface area contributed by atoms with Crippen molar-refractivity contribution in [2.24, 2.45) is 0 Å². The minimum absolute atomic E-state index is 0.562. The summed E-state index contributed by atoms with van der Waals surface area (Å²) in [5.74, 6) is 2.86. The second-order valence-electron chi connectivity index (χ2n) is 5.40. The summed E-state index contributed by atoms with van der Waals surface area (Å²) in [6.45, 7) is 6.52. The minimum Gasteiger partial charge on any atom is -0.492 e. The number of aromatic nitrogens is 5. The van der Waals surface area contributed by atoms with Gasteiger partial charge in [-0.1, -0.05) is 6.92 Å². The molecule has 0 saturated heterocycles. The molecule has 0 N–H and O–H groups in total. The van der Waals surface area contributed by atoms with Crippen LogP contribution in [0, 0.1) is 6.92 Å². The van der Waals surface area contributed by atoms with E-state index >= 15 is 0 Å². The average Bonchev–Trinajstić information content (AvgIpc) is 3.07. The van der Waals surface area contributed by atoms with Crippen LogP contribution in [0.15, 0.2) is 30.5 Å². The number of pyridine rings is 2. The second kappa shape index (κ2) is 7.29. The van der Waals surface area contributed by atoms with Gasteiger partial charge in [-0.15, -0.1) is 10.2 Å². The van der Waals surface area contributed by atoms with E-state index < -0.39 is 0 Å². The van der Waals surface area contributed by atoms with Crippen LogP contribution < -0.4 is 9.47 Å². The van der Waals surface area contributed by atoms with E-state index in [1.54, 1.807) is 13.3 Å². The lowest BCUT2D eigenvalue weighted by Gasteiger charge is -2.11. The van der Waals surface area contributed by atoms with Crippen LogP contribution in [0.2, 0.25) is 0 Å². The summed E-state index contributed by atoms with van der Waals surface area (Å²) in [5.41, 5.74) is 2.43. The highest BCUT2D eigenvalue weighted by atomic mass is 16.5. The van der Waals surface area contributed by atoms with Crippen LogP contribution in [0.25, 0.3) is 17.2 Å². The van der Waals surface area contributed by atoms with Crippen molar-refractivity contribution in [1.29, 1.82) is 0 Å². The third-order valence-electron chi connectivity index (χ3n) is 3.80. The van der Waals surface area contributed by atoms with Crippen LogP contribution in [-0.4, -0.2) is 38.4 Å². The summed E-state index contributed by atoms with van der Waals surface area (Å²) < 4.78 is 12.7. The van der Waals surface area contributed by atoms with Gasteiger partial charge in [-0.25, -0.2) is 9.97 Å². The maximum Gasteiger partial charge on any atom is 0.213 e. The zero-order chi connectivity index (χ0) is 17.8. The Morgan fingerprint density at radius 3 is 2.52 bits per heavy atom. The van der Waals surface area contributed by atoms with Gasteiger partial charge in [0.2, 0.25) is 5.88 Å². The summed E-state index contributed by atoms with van der Waals surface area (Å²) in [6.07, 6.45) is 2.49. The fourth-order valence-electron chi connectivity index (χ4n) is 2.59. The van der Waals surface area contributed by atoms with E-state index in [1.807, 2.05) is 49.6 Å². The van der Waals surface area contributed by atoms with Crippen molar-refractivity contribution in [3.8, 4) is 28.8 Å². The van der Waals surface area contributed by atoms with Gasteiger partial charge in [0.1, 0.15) is 17.3 Å². The molecule has 7 heteroatoms. The Morgan fingerprint density at radius 2 is 1.92 bits per heavy atom. The highest BCUT2D eigenvalue weighted by Crippen LogP contribution is 2.25. The van der Waals surface area contributed by atoms with Crippen LogP contribution in [-0.2, 0) is 6.42 Å². The molecule has 0 atom stereocenters. The number of rotatable bonds is 6. The van der Waals surface area contributed by atoms with E-state index in [1.165, 1.54) is 0 Å². The Kier molecular flexibility index (Phi) is 4.92. The molecule has 0 radical (unpaired) electrons. The smallest absolute Gasteiger partial charge is 0.213 e. The SMILES string of the molecule is CCOc1ccc(-c2nnc(CC)n2-c2ccc(OC)nc2)nc1C. The Morgan fingerprint density at radius 1 is 1.08 bits per heavy atom. The topological polar surface area (TPSA) is 75.0 Å². The van der Waals surface area contributed by atoms with E-state index in [9.17, 15) is 0 Å². The maximum atomic E-state index is 5.57. The van der Waals surface area contributed by atoms with Crippen molar-refractivity contribution in [2.45, 2.75) is 27.2 Å². The number of hydrogen-bond acceptors (Lipinski definition) is 6. The fraction of sp³-hybridized carbons (Fsp3) is 0.333. The molecule has 0 aliphatic rings. The van der Waals surface area contributed by atoms with Gasteiger partial charge in [0.25, 0.3) is 0 Å². The lowest BCUT2D eigenvalue weighted by Crippen LogP contribution is -2.05. The van der Waals surface area contributed by atoms with E-state index in [2.05, 4.69) is 20.2 Å². The molecule has 0 aliphatic heterocycles. The van der Waals surface area contributed by atoms with Gasteiger partial charge in [-0.05, 0) is 32.0 Å². The molecule has 0 spiro atoms. The maximum absolute atomic E-state index is 5.57. The second-order valence-corrected chi connectivity index (χ2v) is 5.40. The van der Waals surface area contributed by atoms with Gasteiger partial charge < -0.3 is 9.47 Å². The van der Waals surface area contributed by atoms with Crippen molar-refractivity contribution in [3.05, 3.63) is 42.0 Å². The number of hydrogen-bond donors (Lipinski definition) is 0. The molecule has 3 aromatic heterocycles. The molecule has 0 saturated carbocycles. The van der Waals surface area contributed by atoms with Crippen LogP contribution in [0.5, 0.6) is 11.6 Å². The molecule has 25 heavy (non-hydrogen) atoms. The van der Waals surface area contributed by atoms with Crippen LogP contribution >= 0.6 is 0 Å². The van der Waals surface area contributed by atoms with Crippen LogP contribution in [0.4, 0.5) is 0 Å². The zero-order valence-electron chi connectivity index (χ0n) is 14.9. The Hall–Kier alpha value is -2.96. The van der Waals surface area contributed by atoms with Crippen LogP contribution in [0.3, 0.4) is 0 Å². The van der Waals surface area contributed by atoms with E-state index in [0.29, 0.717) is 18.3 Å². The summed E-state index contributed by atoms with van der Waals surface area (Å²) in [7, 11) is 1.59. The van der Waals surface area contributed by atoms with Crippen molar-refractivity contribution in [2.75, 3.05) is 13.7 Å². The highest BCUT2D eigenvalue weighted by Gasteiger charge is 2.17. The van der Waals surface area contributed by atoms with Crippen molar-refractivity contribution < 1.29 is 9.47 Å². The summed E-state index contributed by atoms with van der Waals surface area (Å²) >= 11 is 0. The molecule has 3 rings (SSSR count). The first kappa shape index (κ1) is 16.9. The van der Waals surface area contributed by atoms with E-state index in [0.717, 1.165) is 35.1 Å². The predicted octanol–water partition coefficient (Wildman–Crippen LogP) is 3.00. The predicted molar refractivity (Wildman–Crippen MR) is 94.2 cm³/mol. The molecule has 3 heterocycles. The van der Waals surface area contributed by atoms with Crippen molar-refractivity contribution in [3.63, 3.8) is 0 Å². The molecule has 0 fully saturated rings. The standard InChI is InChI=1S/C18H21N5O2/c1-5-16-21-22-18(14-8-9-15(25-6-2)12(3)20-14)23(16)13-7-10-17(24-4)19-11-13/h7-11H,5-6H2,1-4H3. The molecule has 0 unspecified atom stereocenters. The summed E-state index contributed by atoms with van der Waals surface area (Å²) in [4.78, 5) is 8.92. The van der Waals surface area contributed by atoms with E-state index in [4.69, 9.17) is 9.47 Å². The Labute approximate surface area is 146 Å². The molecule has 0 amide bonds. The number of nitrogens with zero attached hydrogens (tertiary/aromatic N) is 5. The lowest BCUT2D eigenvalue weighted by atomic mass is 10.2. The van der Waals surface area contributed by atoms with Gasteiger partial charge >= 0.3 is 0 Å². The lowest BCUT2D eigenvalue weighted by molar-refractivity contribution is 0.336. The van der Waals surface area contributed by atoms with Gasteiger partial charge in [0, 0.05) is 12.5 Å². The van der Waals surface area contributed by atoms with E-state index in [-0.39, 0.29) is 0 Å². The first-order valence-corrected chi connectivity index (χ1v) is 8.23. The number of ether oxygens (including phenoxy) is 2. The molecular formula is C18H21N5O2. The molecular weight excluding hydrogens is 318 g/mol. The fourth-order valence-corrected chi connectivity index (χ4v) is 2.59. The quantitative estimate of drug-likeness (QED) is 0.687. The first-order chi connectivity index (χ1) is 12.2. The summed E-state index contributed by atoms with van der Waals surface area (Å²) in [6, 6.07) is 7.56. The Bertz CT molecular complexity index is 858. The van der Waals surface area contributed by atoms with Crippen molar-refractivity contribution >= 4 is 0 Å². The monoisotopic (exact) mass is 339 g/mol. The molecule has 130 valence electrons. The van der Waals surface area contributed by atoms with Gasteiger partial charge in [-0.3, -0.25) is 4.57 Å². The number of methoxy groups -OCH3 is 1. The summed E-state index contributed by atoms with van der Waals surface area (Å²) in [5, 5.41) is 8.64. The normalized spacial score (nSPS) is 10.7. The van der Waals surface area contributed by atoms with Crippen LogP contribution in [0.1, 0.15) is 25.4 Å². The molecule has 7 nitrogen and oxygen atoms in total. The van der Waals surface area contributed by atoms with Gasteiger partial charge in [0.15, 0.2) is 5.82 Å². The molecule has 3 aromatic rings. The largest absolute Gasteiger partial charge is 0.492 e. The Balaban J connectivity index is 2.08. The third kappa shape index (κ3) is 3.31. The average molecular weight is 339 g/mol. The third-order valence-corrected chi connectivity index (χ3v) is 3.80.